The highest BCUT2D eigenvalue weighted by Crippen LogP contribution is 2.27. The minimum absolute atomic E-state index is 0. The summed E-state index contributed by atoms with van der Waals surface area (Å²) in [6.07, 6.45) is 7.41. The van der Waals surface area contributed by atoms with Crippen molar-refractivity contribution in [2.24, 2.45) is 10.9 Å². The lowest BCUT2D eigenvalue weighted by molar-refractivity contribution is -0.136. The Hall–Kier alpha value is 0.170. The number of nitrogens with zero attached hydrogens (tertiary/aromatic N) is 2. The Morgan fingerprint density at radius 3 is 2.52 bits per heavy atom. The molecule has 5 nitrogen and oxygen atoms in total. The lowest BCUT2D eigenvalue weighted by Crippen LogP contribution is -2.47. The van der Waals surface area contributed by atoms with Crippen molar-refractivity contribution in [1.82, 2.24) is 15.5 Å². The van der Waals surface area contributed by atoms with Gasteiger partial charge in [0, 0.05) is 50.1 Å². The van der Waals surface area contributed by atoms with Crippen molar-refractivity contribution < 1.29 is 4.79 Å². The molecule has 1 aliphatic heterocycles. The molecule has 8 heteroatoms. The zero-order chi connectivity index (χ0) is 17.2. The first-order valence-electron chi connectivity index (χ1n) is 9.07. The Balaban J connectivity index is 0.00000312. The van der Waals surface area contributed by atoms with Gasteiger partial charge in [0.1, 0.15) is 0 Å². The van der Waals surface area contributed by atoms with Crippen LogP contribution in [0.25, 0.3) is 0 Å². The molecule has 0 spiro atoms. The van der Waals surface area contributed by atoms with E-state index in [0.717, 1.165) is 69.2 Å². The molecule has 0 unspecified atom stereocenters. The maximum absolute atomic E-state index is 12.6. The summed E-state index contributed by atoms with van der Waals surface area (Å²) in [5, 5.41) is 6.91. The topological polar surface area (TPSA) is 56.7 Å². The fourth-order valence-electron chi connectivity index (χ4n) is 3.34. The van der Waals surface area contributed by atoms with Gasteiger partial charge in [-0.1, -0.05) is 0 Å². The van der Waals surface area contributed by atoms with Crippen molar-refractivity contribution in [3.63, 3.8) is 0 Å². The van der Waals surface area contributed by atoms with E-state index in [1.165, 1.54) is 5.75 Å². The Labute approximate surface area is 178 Å². The van der Waals surface area contributed by atoms with Crippen LogP contribution in [0.1, 0.15) is 32.1 Å². The first kappa shape index (κ1) is 23.2. The van der Waals surface area contributed by atoms with Crippen molar-refractivity contribution in [3.8, 4) is 0 Å². The smallest absolute Gasteiger partial charge is 0.225 e. The molecule has 1 heterocycles. The van der Waals surface area contributed by atoms with Gasteiger partial charge in [0.05, 0.1) is 0 Å². The quantitative estimate of drug-likeness (QED) is 0.254. The summed E-state index contributed by atoms with van der Waals surface area (Å²) in [6.45, 7) is 2.84. The van der Waals surface area contributed by atoms with E-state index in [1.54, 1.807) is 0 Å². The highest BCUT2D eigenvalue weighted by Gasteiger charge is 2.30. The fourth-order valence-corrected chi connectivity index (χ4v) is 4.67. The van der Waals surface area contributed by atoms with E-state index >= 15 is 0 Å². The summed E-state index contributed by atoms with van der Waals surface area (Å²) in [5.74, 6) is 4.91. The predicted molar refractivity (Wildman–Crippen MR) is 123 cm³/mol. The largest absolute Gasteiger partial charge is 0.356 e. The lowest BCUT2D eigenvalue weighted by atomic mass is 9.85. The number of rotatable bonds is 6. The SMILES string of the molecule is CN=C(NCCCSC)NC1CCC(C(=O)N2CCSCC2)CC1.I. The third kappa shape index (κ3) is 8.15. The van der Waals surface area contributed by atoms with Crippen LogP contribution >= 0.6 is 47.5 Å². The van der Waals surface area contributed by atoms with Crippen molar-refractivity contribution in [3.05, 3.63) is 0 Å². The molecular formula is C17H33IN4OS2. The van der Waals surface area contributed by atoms with E-state index < -0.39 is 0 Å². The lowest BCUT2D eigenvalue weighted by Gasteiger charge is -2.34. The molecule has 0 aromatic rings. The molecule has 0 atom stereocenters. The average molecular weight is 501 g/mol. The summed E-state index contributed by atoms with van der Waals surface area (Å²) in [5.41, 5.74) is 0. The maximum atomic E-state index is 12.6. The molecule has 1 amide bonds. The normalized spacial score (nSPS) is 24.4. The zero-order valence-corrected chi connectivity index (χ0v) is 19.4. The highest BCUT2D eigenvalue weighted by atomic mass is 127. The van der Waals surface area contributed by atoms with Crippen LogP contribution in [-0.4, -0.2) is 73.0 Å². The van der Waals surface area contributed by atoms with E-state index in [-0.39, 0.29) is 29.9 Å². The van der Waals surface area contributed by atoms with Crippen LogP contribution in [0.5, 0.6) is 0 Å². The molecular weight excluding hydrogens is 467 g/mol. The molecule has 2 fully saturated rings. The highest BCUT2D eigenvalue weighted by molar-refractivity contribution is 14.0. The van der Waals surface area contributed by atoms with Gasteiger partial charge < -0.3 is 15.5 Å². The monoisotopic (exact) mass is 500 g/mol. The van der Waals surface area contributed by atoms with Crippen molar-refractivity contribution in [2.45, 2.75) is 38.1 Å². The third-order valence-corrected chi connectivity index (χ3v) is 6.42. The Morgan fingerprint density at radius 1 is 1.24 bits per heavy atom. The summed E-state index contributed by atoms with van der Waals surface area (Å²) in [4.78, 5) is 19.0. The summed E-state index contributed by atoms with van der Waals surface area (Å²) in [6, 6.07) is 0.442. The van der Waals surface area contributed by atoms with Gasteiger partial charge in [0.2, 0.25) is 5.91 Å². The first-order valence-corrected chi connectivity index (χ1v) is 11.6. The van der Waals surface area contributed by atoms with E-state index in [1.807, 2.05) is 30.6 Å². The number of carbonyl (C=O) groups is 1. The van der Waals surface area contributed by atoms with Crippen LogP contribution in [0.3, 0.4) is 0 Å². The summed E-state index contributed by atoms with van der Waals surface area (Å²) >= 11 is 3.83. The van der Waals surface area contributed by atoms with Crippen molar-refractivity contribution in [1.29, 1.82) is 0 Å². The van der Waals surface area contributed by atoms with Crippen LogP contribution < -0.4 is 10.6 Å². The predicted octanol–water partition coefficient (Wildman–Crippen LogP) is 2.66. The fraction of sp³-hybridized carbons (Fsp3) is 0.882. The molecule has 2 N–H and O–H groups in total. The number of amides is 1. The Kier molecular flexibility index (Phi) is 12.4. The minimum Gasteiger partial charge on any atom is -0.356 e. The van der Waals surface area contributed by atoms with E-state index in [2.05, 4.69) is 26.8 Å². The number of guanidine groups is 1. The van der Waals surface area contributed by atoms with Gasteiger partial charge in [-0.2, -0.15) is 23.5 Å². The molecule has 2 aliphatic rings. The molecule has 0 radical (unpaired) electrons. The number of thioether (sulfide) groups is 2. The number of hydrogen-bond donors (Lipinski definition) is 2. The molecule has 1 saturated carbocycles. The van der Waals surface area contributed by atoms with Crippen LogP contribution in [0.15, 0.2) is 4.99 Å². The first-order chi connectivity index (χ1) is 11.7. The van der Waals surface area contributed by atoms with Gasteiger partial charge in [-0.15, -0.1) is 24.0 Å². The van der Waals surface area contributed by atoms with Gasteiger partial charge in [-0.25, -0.2) is 0 Å². The summed E-state index contributed by atoms with van der Waals surface area (Å²) < 4.78 is 0. The van der Waals surface area contributed by atoms with E-state index in [9.17, 15) is 4.79 Å². The standard InChI is InChI=1S/C17H32N4OS2.HI/c1-18-17(19-8-3-11-23-2)20-15-6-4-14(5-7-15)16(22)21-9-12-24-13-10-21;/h14-15H,3-13H2,1-2H3,(H2,18,19,20);1H. The molecule has 1 saturated heterocycles. The van der Waals surface area contributed by atoms with E-state index in [0.29, 0.717) is 11.9 Å². The van der Waals surface area contributed by atoms with Gasteiger partial charge in [-0.05, 0) is 44.1 Å². The Bertz CT molecular complexity index is 411. The molecule has 0 bridgehead atoms. The van der Waals surface area contributed by atoms with Gasteiger partial charge in [0.15, 0.2) is 5.96 Å². The molecule has 25 heavy (non-hydrogen) atoms. The Morgan fingerprint density at radius 2 is 1.92 bits per heavy atom. The van der Waals surface area contributed by atoms with Crippen LogP contribution in [0, 0.1) is 5.92 Å². The minimum atomic E-state index is 0. The molecule has 146 valence electrons. The van der Waals surface area contributed by atoms with Crippen LogP contribution in [-0.2, 0) is 4.79 Å². The maximum Gasteiger partial charge on any atom is 0.225 e. The van der Waals surface area contributed by atoms with Gasteiger partial charge >= 0.3 is 0 Å². The third-order valence-electron chi connectivity index (χ3n) is 4.78. The number of aliphatic imine (C=N–C) groups is 1. The molecule has 2 rings (SSSR count). The van der Waals surface area contributed by atoms with Crippen LogP contribution in [0.4, 0.5) is 0 Å². The number of hydrogen-bond acceptors (Lipinski definition) is 4. The molecule has 0 aromatic carbocycles. The zero-order valence-electron chi connectivity index (χ0n) is 15.5. The van der Waals surface area contributed by atoms with E-state index in [4.69, 9.17) is 0 Å². The van der Waals surface area contributed by atoms with Crippen molar-refractivity contribution >= 4 is 59.4 Å². The summed E-state index contributed by atoms with van der Waals surface area (Å²) in [7, 11) is 1.83. The molecule has 0 aromatic heterocycles. The van der Waals surface area contributed by atoms with Gasteiger partial charge in [-0.3, -0.25) is 9.79 Å². The number of carbonyl (C=O) groups excluding carboxylic acids is 1. The second-order valence-electron chi connectivity index (χ2n) is 6.48. The number of nitrogens with one attached hydrogen (secondary N) is 2. The second-order valence-corrected chi connectivity index (χ2v) is 8.69. The number of halogens is 1. The van der Waals surface area contributed by atoms with Gasteiger partial charge in [0.25, 0.3) is 0 Å². The average Bonchev–Trinajstić information content (AvgIpc) is 2.65. The molecule has 1 aliphatic carbocycles. The van der Waals surface area contributed by atoms with Crippen LogP contribution in [0.2, 0.25) is 0 Å². The van der Waals surface area contributed by atoms with Crippen molar-refractivity contribution in [2.75, 3.05) is 50.2 Å². The second kappa shape index (κ2) is 13.4.